The lowest BCUT2D eigenvalue weighted by atomic mass is 10.0. The largest absolute Gasteiger partial charge is 0.339 e. The number of benzene rings is 1. The number of likely N-dealkylation sites (tertiary alicyclic amines) is 1. The molecule has 0 aliphatic carbocycles. The highest BCUT2D eigenvalue weighted by Crippen LogP contribution is 2.16. The molecule has 0 saturated carbocycles. The molecule has 0 unspecified atom stereocenters. The van der Waals surface area contributed by atoms with Crippen molar-refractivity contribution in [1.82, 2.24) is 9.80 Å². The SMILES string of the molecule is CN1CCC(N(C)C(=O)c2cc[c]cc2)CC1. The molecule has 3 nitrogen and oxygen atoms in total. The molecule has 0 spiro atoms. The predicted octanol–water partition coefficient (Wildman–Crippen LogP) is 1.65. The standard InChI is InChI=1S/C14H19N2O/c1-15-10-8-13(9-11-15)16(2)14(17)12-6-4-3-5-7-12/h4-7,13H,8-11H2,1-2H3. The van der Waals surface area contributed by atoms with Crippen LogP contribution in [0.5, 0.6) is 0 Å². The van der Waals surface area contributed by atoms with Gasteiger partial charge in [-0.25, -0.2) is 0 Å². The number of piperidine rings is 1. The van der Waals surface area contributed by atoms with Crippen LogP contribution in [0.25, 0.3) is 0 Å². The van der Waals surface area contributed by atoms with Gasteiger partial charge in [-0.2, -0.15) is 0 Å². The number of amides is 1. The van der Waals surface area contributed by atoms with E-state index in [1.54, 1.807) is 12.1 Å². The zero-order chi connectivity index (χ0) is 12.3. The first kappa shape index (κ1) is 12.1. The number of nitrogens with zero attached hydrogens (tertiary/aromatic N) is 2. The van der Waals surface area contributed by atoms with Crippen molar-refractivity contribution in [1.29, 1.82) is 0 Å². The first-order chi connectivity index (χ1) is 8.18. The molecule has 1 amide bonds. The maximum atomic E-state index is 12.2. The number of hydrogen-bond acceptors (Lipinski definition) is 2. The van der Waals surface area contributed by atoms with Crippen LogP contribution in [-0.4, -0.2) is 48.9 Å². The fourth-order valence-electron chi connectivity index (χ4n) is 2.28. The van der Waals surface area contributed by atoms with Gasteiger partial charge in [0.1, 0.15) is 0 Å². The van der Waals surface area contributed by atoms with Gasteiger partial charge in [0.25, 0.3) is 5.91 Å². The van der Waals surface area contributed by atoms with E-state index in [2.05, 4.69) is 18.0 Å². The van der Waals surface area contributed by atoms with Crippen LogP contribution in [0.2, 0.25) is 0 Å². The summed E-state index contributed by atoms with van der Waals surface area (Å²) in [4.78, 5) is 16.4. The third-order valence-electron chi connectivity index (χ3n) is 3.52. The van der Waals surface area contributed by atoms with Crippen molar-refractivity contribution in [3.8, 4) is 0 Å². The van der Waals surface area contributed by atoms with Crippen LogP contribution in [0, 0.1) is 6.07 Å². The van der Waals surface area contributed by atoms with E-state index in [9.17, 15) is 4.79 Å². The van der Waals surface area contributed by atoms with E-state index in [0.29, 0.717) is 6.04 Å². The molecule has 1 aromatic carbocycles. The Morgan fingerprint density at radius 2 is 1.94 bits per heavy atom. The summed E-state index contributed by atoms with van der Waals surface area (Å²) >= 11 is 0. The summed E-state index contributed by atoms with van der Waals surface area (Å²) in [5.74, 6) is 0.119. The summed E-state index contributed by atoms with van der Waals surface area (Å²) < 4.78 is 0. The summed E-state index contributed by atoms with van der Waals surface area (Å²) in [7, 11) is 4.04. The van der Waals surface area contributed by atoms with Crippen LogP contribution < -0.4 is 0 Å². The van der Waals surface area contributed by atoms with Crippen LogP contribution >= 0.6 is 0 Å². The Morgan fingerprint density at radius 3 is 2.53 bits per heavy atom. The van der Waals surface area contributed by atoms with Gasteiger partial charge in [0.2, 0.25) is 0 Å². The quantitative estimate of drug-likeness (QED) is 0.772. The minimum absolute atomic E-state index is 0.119. The average molecular weight is 231 g/mol. The number of carbonyl (C=O) groups is 1. The van der Waals surface area contributed by atoms with Crippen molar-refractivity contribution in [2.24, 2.45) is 0 Å². The summed E-state index contributed by atoms with van der Waals surface area (Å²) in [6, 6.07) is 10.5. The van der Waals surface area contributed by atoms with Gasteiger partial charge < -0.3 is 9.80 Å². The van der Waals surface area contributed by atoms with E-state index in [0.717, 1.165) is 31.5 Å². The van der Waals surface area contributed by atoms with Gasteiger partial charge in [0.15, 0.2) is 0 Å². The van der Waals surface area contributed by atoms with E-state index in [1.165, 1.54) is 0 Å². The van der Waals surface area contributed by atoms with Crippen molar-refractivity contribution < 1.29 is 4.79 Å². The molecule has 91 valence electrons. The summed E-state index contributed by atoms with van der Waals surface area (Å²) in [5, 5.41) is 0. The molecular formula is C14H19N2O. The number of carbonyl (C=O) groups excluding carboxylic acids is 1. The fourth-order valence-corrected chi connectivity index (χ4v) is 2.28. The molecule has 1 heterocycles. The van der Waals surface area contributed by atoms with Crippen LogP contribution in [0.1, 0.15) is 23.2 Å². The molecule has 0 bridgehead atoms. The second-order valence-corrected chi connectivity index (χ2v) is 4.74. The molecule has 0 N–H and O–H groups in total. The number of hydrogen-bond donors (Lipinski definition) is 0. The Hall–Kier alpha value is -1.35. The Morgan fingerprint density at radius 1 is 1.35 bits per heavy atom. The van der Waals surface area contributed by atoms with Crippen molar-refractivity contribution in [2.45, 2.75) is 18.9 Å². The molecule has 1 aliphatic rings. The number of rotatable bonds is 2. The smallest absolute Gasteiger partial charge is 0.253 e. The van der Waals surface area contributed by atoms with E-state index >= 15 is 0 Å². The molecule has 3 heteroatoms. The Balaban J connectivity index is 2.00. The van der Waals surface area contributed by atoms with E-state index in [4.69, 9.17) is 0 Å². The highest BCUT2D eigenvalue weighted by molar-refractivity contribution is 5.94. The summed E-state index contributed by atoms with van der Waals surface area (Å²) in [6.45, 7) is 2.15. The van der Waals surface area contributed by atoms with Gasteiger partial charge in [-0.15, -0.1) is 0 Å². The minimum Gasteiger partial charge on any atom is -0.339 e. The van der Waals surface area contributed by atoms with Crippen molar-refractivity contribution >= 4 is 5.91 Å². The Labute approximate surface area is 103 Å². The highest BCUT2D eigenvalue weighted by Gasteiger charge is 2.24. The highest BCUT2D eigenvalue weighted by atomic mass is 16.2. The predicted molar refractivity (Wildman–Crippen MR) is 67.9 cm³/mol. The van der Waals surface area contributed by atoms with Gasteiger partial charge in [-0.1, -0.05) is 12.1 Å². The third kappa shape index (κ3) is 2.86. The molecule has 2 rings (SSSR count). The van der Waals surface area contributed by atoms with Crippen molar-refractivity contribution in [3.05, 3.63) is 35.9 Å². The second-order valence-electron chi connectivity index (χ2n) is 4.74. The molecule has 1 aromatic rings. The third-order valence-corrected chi connectivity index (χ3v) is 3.52. The monoisotopic (exact) mass is 231 g/mol. The average Bonchev–Trinajstić information content (AvgIpc) is 2.39. The maximum Gasteiger partial charge on any atom is 0.253 e. The van der Waals surface area contributed by atoms with E-state index in [-0.39, 0.29) is 5.91 Å². The van der Waals surface area contributed by atoms with Crippen molar-refractivity contribution in [2.75, 3.05) is 27.2 Å². The Kier molecular flexibility index (Phi) is 3.79. The van der Waals surface area contributed by atoms with Gasteiger partial charge in [-0.05, 0) is 51.2 Å². The lowest BCUT2D eigenvalue weighted by Crippen LogP contribution is -2.44. The maximum absolute atomic E-state index is 12.2. The molecule has 0 atom stereocenters. The first-order valence-electron chi connectivity index (χ1n) is 6.10. The molecule has 1 radical (unpaired) electrons. The normalized spacial score (nSPS) is 18.0. The Bertz CT molecular complexity index is 369. The molecule has 1 saturated heterocycles. The van der Waals surface area contributed by atoms with Crippen LogP contribution in [0.15, 0.2) is 24.3 Å². The zero-order valence-corrected chi connectivity index (χ0v) is 10.5. The molecular weight excluding hydrogens is 212 g/mol. The molecule has 17 heavy (non-hydrogen) atoms. The lowest BCUT2D eigenvalue weighted by Gasteiger charge is -2.35. The molecule has 0 aromatic heterocycles. The molecule has 1 fully saturated rings. The van der Waals surface area contributed by atoms with E-state index < -0.39 is 0 Å². The summed E-state index contributed by atoms with van der Waals surface area (Å²) in [5.41, 5.74) is 0.755. The fraction of sp³-hybridized carbons (Fsp3) is 0.500. The second kappa shape index (κ2) is 5.32. The first-order valence-corrected chi connectivity index (χ1v) is 6.10. The van der Waals surface area contributed by atoms with Crippen LogP contribution in [-0.2, 0) is 0 Å². The minimum atomic E-state index is 0.119. The van der Waals surface area contributed by atoms with Gasteiger partial charge >= 0.3 is 0 Å². The lowest BCUT2D eigenvalue weighted by molar-refractivity contribution is 0.0659. The van der Waals surface area contributed by atoms with Gasteiger partial charge in [-0.3, -0.25) is 4.79 Å². The van der Waals surface area contributed by atoms with E-state index in [1.807, 2.05) is 24.1 Å². The summed E-state index contributed by atoms with van der Waals surface area (Å²) in [6.07, 6.45) is 2.13. The topological polar surface area (TPSA) is 23.6 Å². The van der Waals surface area contributed by atoms with Crippen LogP contribution in [0.3, 0.4) is 0 Å². The van der Waals surface area contributed by atoms with Gasteiger partial charge in [0.05, 0.1) is 0 Å². The molecule has 1 aliphatic heterocycles. The zero-order valence-electron chi connectivity index (χ0n) is 10.5. The van der Waals surface area contributed by atoms with Crippen molar-refractivity contribution in [3.63, 3.8) is 0 Å². The van der Waals surface area contributed by atoms with Crippen LogP contribution in [0.4, 0.5) is 0 Å². The van der Waals surface area contributed by atoms with Gasteiger partial charge in [0, 0.05) is 18.7 Å².